The number of pyridine rings is 1. The highest BCUT2D eigenvalue weighted by Gasteiger charge is 2.47. The molecule has 0 saturated heterocycles. The van der Waals surface area contributed by atoms with Crippen LogP contribution in [0.4, 0.5) is 24.8 Å². The first-order valence-electron chi connectivity index (χ1n) is 12.6. The third kappa shape index (κ3) is 4.25. The fraction of sp³-hybridized carbons (Fsp3) is 0.250. The maximum atomic E-state index is 13.0. The minimum atomic E-state index is -4.56. The molecular weight excluding hydrogens is 525 g/mol. The van der Waals surface area contributed by atoms with E-state index in [9.17, 15) is 27.9 Å². The normalized spacial score (nSPS) is 18.8. The molecule has 12 heteroatoms. The van der Waals surface area contributed by atoms with Crippen molar-refractivity contribution in [2.45, 2.75) is 38.3 Å². The van der Waals surface area contributed by atoms with E-state index >= 15 is 0 Å². The molecule has 3 aromatic heterocycles. The van der Waals surface area contributed by atoms with Gasteiger partial charge in [0.1, 0.15) is 28.7 Å². The second kappa shape index (κ2) is 9.18. The number of anilines is 2. The van der Waals surface area contributed by atoms with E-state index in [1.165, 1.54) is 12.1 Å². The maximum absolute atomic E-state index is 13.0. The molecule has 1 amide bonds. The average molecular weight is 549 g/mol. The van der Waals surface area contributed by atoms with E-state index in [0.717, 1.165) is 29.5 Å². The van der Waals surface area contributed by atoms with Crippen LogP contribution >= 0.6 is 0 Å². The summed E-state index contributed by atoms with van der Waals surface area (Å²) in [7, 11) is 0. The smallest absolute Gasteiger partial charge is 0.416 e. The largest absolute Gasteiger partial charge is 0.481 e. The van der Waals surface area contributed by atoms with Crippen molar-refractivity contribution in [1.82, 2.24) is 19.4 Å². The first-order valence-corrected chi connectivity index (χ1v) is 12.6. The van der Waals surface area contributed by atoms with Crippen molar-refractivity contribution < 1.29 is 27.9 Å². The highest BCUT2D eigenvalue weighted by Crippen LogP contribution is 2.53. The lowest BCUT2D eigenvalue weighted by Gasteiger charge is -2.27. The molecule has 2 aliphatic rings. The number of aliphatic carboxylic acids is 1. The van der Waals surface area contributed by atoms with E-state index in [0.29, 0.717) is 54.7 Å². The summed E-state index contributed by atoms with van der Waals surface area (Å²) in [6.45, 7) is 0. The number of hydrogen-bond donors (Lipinski definition) is 3. The SMILES string of the molecule is Nc1nccn2c(C3=C4CCC(C(=O)O)(CC3)C4)nc(-c3ccc(C(=O)Nc4cc(C(F)(F)F)ccn4)cc3)c12. The van der Waals surface area contributed by atoms with Gasteiger partial charge in [0.2, 0.25) is 0 Å². The van der Waals surface area contributed by atoms with Gasteiger partial charge in [0.05, 0.1) is 11.0 Å². The summed E-state index contributed by atoms with van der Waals surface area (Å²) in [5.74, 6) is -0.633. The van der Waals surface area contributed by atoms with Crippen LogP contribution in [0.3, 0.4) is 0 Å². The fourth-order valence-electron chi connectivity index (χ4n) is 5.67. The van der Waals surface area contributed by atoms with E-state index in [-0.39, 0.29) is 17.2 Å². The summed E-state index contributed by atoms with van der Waals surface area (Å²) in [4.78, 5) is 37.6. The van der Waals surface area contributed by atoms with Crippen molar-refractivity contribution in [2.75, 3.05) is 11.1 Å². The quantitative estimate of drug-likeness (QED) is 0.302. The predicted molar refractivity (Wildman–Crippen MR) is 140 cm³/mol. The summed E-state index contributed by atoms with van der Waals surface area (Å²) < 4.78 is 40.9. The van der Waals surface area contributed by atoms with Crippen LogP contribution in [0.1, 0.15) is 53.8 Å². The number of alkyl halides is 3. The Balaban J connectivity index is 1.32. The number of benzene rings is 1. The average Bonchev–Trinajstić information content (AvgIpc) is 3.49. The van der Waals surface area contributed by atoms with Crippen LogP contribution in [-0.4, -0.2) is 36.3 Å². The molecule has 2 bridgehead atoms. The molecule has 4 aromatic rings. The lowest BCUT2D eigenvalue weighted by atomic mass is 9.76. The molecule has 2 aliphatic carbocycles. The Hall–Kier alpha value is -4.74. The van der Waals surface area contributed by atoms with Crippen LogP contribution in [0.25, 0.3) is 22.3 Å². The van der Waals surface area contributed by atoms with E-state index < -0.39 is 29.0 Å². The molecule has 3 heterocycles. The van der Waals surface area contributed by atoms with Gasteiger partial charge in [-0.15, -0.1) is 0 Å². The number of carboxylic acid groups (broad SMARTS) is 1. The minimum absolute atomic E-state index is 0.214. The number of amides is 1. The number of allylic oxidation sites excluding steroid dienone is 2. The van der Waals surface area contributed by atoms with Gasteiger partial charge in [0.15, 0.2) is 0 Å². The molecule has 1 saturated carbocycles. The lowest BCUT2D eigenvalue weighted by Crippen LogP contribution is -2.29. The Kier molecular flexibility index (Phi) is 5.86. The number of halogens is 3. The van der Waals surface area contributed by atoms with E-state index in [1.54, 1.807) is 24.5 Å². The molecule has 1 aromatic carbocycles. The van der Waals surface area contributed by atoms with Crippen LogP contribution in [0.2, 0.25) is 0 Å². The first-order chi connectivity index (χ1) is 19.1. The van der Waals surface area contributed by atoms with Gasteiger partial charge in [0, 0.05) is 29.7 Å². The predicted octanol–water partition coefficient (Wildman–Crippen LogP) is 5.45. The third-order valence-corrected chi connectivity index (χ3v) is 7.79. The molecule has 1 fully saturated rings. The zero-order valence-electron chi connectivity index (χ0n) is 21.0. The molecule has 204 valence electrons. The number of hydrogen-bond acceptors (Lipinski definition) is 6. The first kappa shape index (κ1) is 25.5. The van der Waals surface area contributed by atoms with Crippen molar-refractivity contribution >= 4 is 34.6 Å². The van der Waals surface area contributed by atoms with Gasteiger partial charge in [-0.25, -0.2) is 15.0 Å². The Morgan fingerprint density at radius 2 is 1.80 bits per heavy atom. The van der Waals surface area contributed by atoms with Gasteiger partial charge in [0.25, 0.3) is 5.91 Å². The maximum Gasteiger partial charge on any atom is 0.416 e. The van der Waals surface area contributed by atoms with Gasteiger partial charge in [-0.2, -0.15) is 13.2 Å². The Labute approximate surface area is 225 Å². The number of carbonyl (C=O) groups is 2. The minimum Gasteiger partial charge on any atom is -0.481 e. The number of carbonyl (C=O) groups excluding carboxylic acids is 1. The van der Waals surface area contributed by atoms with Crippen LogP contribution in [0.15, 0.2) is 60.6 Å². The molecule has 6 rings (SSSR count). The molecular formula is C28H23F3N6O3. The molecule has 1 unspecified atom stereocenters. The standard InChI is InChI=1S/C28H23F3N6O3/c29-28(30,31)18-7-10-33-20(13-18)35-25(38)16-3-1-15(2-4-16)21-22-23(32)34-11-12-37(22)24(36-21)19-6-9-27(26(39)40)8-5-17(19)14-27/h1-4,7,10-13H,5-6,8-9,14H2,(H2,32,34)(H,39,40)(H,33,35,38). The molecule has 1 atom stereocenters. The van der Waals surface area contributed by atoms with E-state index in [2.05, 4.69) is 15.3 Å². The van der Waals surface area contributed by atoms with Gasteiger partial charge in [-0.1, -0.05) is 17.7 Å². The highest BCUT2D eigenvalue weighted by atomic mass is 19.4. The molecule has 4 N–H and O–H groups in total. The highest BCUT2D eigenvalue weighted by molar-refractivity contribution is 6.04. The van der Waals surface area contributed by atoms with Crippen molar-refractivity contribution in [3.8, 4) is 11.3 Å². The van der Waals surface area contributed by atoms with Gasteiger partial charge < -0.3 is 16.2 Å². The number of nitrogens with two attached hydrogens (primary N) is 1. The monoisotopic (exact) mass is 548 g/mol. The Morgan fingerprint density at radius 1 is 1.05 bits per heavy atom. The van der Waals surface area contributed by atoms with Crippen molar-refractivity contribution in [3.63, 3.8) is 0 Å². The zero-order valence-corrected chi connectivity index (χ0v) is 21.0. The second-order valence-electron chi connectivity index (χ2n) is 10.1. The van der Waals surface area contributed by atoms with Crippen LogP contribution in [-0.2, 0) is 11.0 Å². The lowest BCUT2D eigenvalue weighted by molar-refractivity contribution is -0.149. The second-order valence-corrected chi connectivity index (χ2v) is 10.1. The van der Waals surface area contributed by atoms with Crippen molar-refractivity contribution in [2.24, 2.45) is 5.41 Å². The number of fused-ring (bicyclic) bond motifs is 3. The van der Waals surface area contributed by atoms with Crippen LogP contribution in [0.5, 0.6) is 0 Å². The number of aromatic nitrogens is 4. The fourth-order valence-corrected chi connectivity index (χ4v) is 5.67. The Bertz CT molecular complexity index is 1710. The summed E-state index contributed by atoms with van der Waals surface area (Å²) in [5, 5.41) is 12.2. The molecule has 0 spiro atoms. The summed E-state index contributed by atoms with van der Waals surface area (Å²) in [6.07, 6.45) is 2.72. The molecule has 40 heavy (non-hydrogen) atoms. The molecule has 0 aliphatic heterocycles. The van der Waals surface area contributed by atoms with Crippen molar-refractivity contribution in [1.29, 1.82) is 0 Å². The number of nitrogens with one attached hydrogen (secondary N) is 1. The Morgan fingerprint density at radius 3 is 2.52 bits per heavy atom. The topological polar surface area (TPSA) is 136 Å². The number of rotatable bonds is 5. The van der Waals surface area contributed by atoms with Gasteiger partial charge in [-0.05, 0) is 61.9 Å². The number of imidazole rings is 1. The number of nitrogens with zero attached hydrogens (tertiary/aromatic N) is 4. The van der Waals surface area contributed by atoms with E-state index in [1.807, 2.05) is 4.40 Å². The number of carboxylic acids is 1. The molecule has 0 radical (unpaired) electrons. The number of nitrogen functional groups attached to an aromatic ring is 1. The van der Waals surface area contributed by atoms with Crippen LogP contribution < -0.4 is 11.1 Å². The van der Waals surface area contributed by atoms with Crippen molar-refractivity contribution in [3.05, 3.63) is 77.5 Å². The van der Waals surface area contributed by atoms with E-state index in [4.69, 9.17) is 10.7 Å². The third-order valence-electron chi connectivity index (χ3n) is 7.79. The molecule has 9 nitrogen and oxygen atoms in total. The zero-order chi connectivity index (χ0) is 28.2. The summed E-state index contributed by atoms with van der Waals surface area (Å²) in [6, 6.07) is 8.03. The summed E-state index contributed by atoms with van der Waals surface area (Å²) in [5.41, 5.74) is 8.77. The van der Waals surface area contributed by atoms with Gasteiger partial charge in [-0.3, -0.25) is 14.0 Å². The van der Waals surface area contributed by atoms with Gasteiger partial charge >= 0.3 is 12.1 Å². The van der Waals surface area contributed by atoms with Crippen LogP contribution in [0, 0.1) is 5.41 Å². The summed E-state index contributed by atoms with van der Waals surface area (Å²) >= 11 is 0.